The lowest BCUT2D eigenvalue weighted by atomic mass is 9.88. The summed E-state index contributed by atoms with van der Waals surface area (Å²) in [6.45, 7) is 4.36. The molecule has 1 N–H and O–H groups in total. The van der Waals surface area contributed by atoms with Gasteiger partial charge in [-0.05, 0) is 49.2 Å². The number of nitrogens with zero attached hydrogens (tertiary/aromatic N) is 1. The maximum absolute atomic E-state index is 13.2. The van der Waals surface area contributed by atoms with Crippen molar-refractivity contribution in [3.8, 4) is 0 Å². The number of benzene rings is 2. The van der Waals surface area contributed by atoms with E-state index in [1.54, 1.807) is 0 Å². The molecule has 7 heteroatoms. The van der Waals surface area contributed by atoms with E-state index >= 15 is 0 Å². The van der Waals surface area contributed by atoms with E-state index in [0.29, 0.717) is 38.4 Å². The highest BCUT2D eigenvalue weighted by molar-refractivity contribution is 5.96. The largest absolute Gasteiger partial charge is 0.461 e. The monoisotopic (exact) mass is 484 g/mol. The standard InChI is InChI=1S/C27H32N2O4.ClH/c1-3-32-14-7-15-33-27(31)24-18-21-16-19(10-11-23(21)29(24)2)17-25(30)26-22(12-13-28-26)20-8-5-4-6-9-20;/h4-6,8-11,16,18,22,26,28H,3,7,12-15,17H2,1-2H3;1H/t22-,26-;/m0./s1. The number of hydrogen-bond acceptors (Lipinski definition) is 5. The minimum absolute atomic E-state index is 0. The number of ether oxygens (including phenoxy) is 2. The van der Waals surface area contributed by atoms with Crippen molar-refractivity contribution in [1.82, 2.24) is 9.88 Å². The molecule has 1 fully saturated rings. The van der Waals surface area contributed by atoms with Crippen molar-refractivity contribution in [2.45, 2.75) is 38.1 Å². The Morgan fingerprint density at radius 2 is 1.88 bits per heavy atom. The Hall–Kier alpha value is -2.67. The van der Waals surface area contributed by atoms with Crippen LogP contribution in [0.5, 0.6) is 0 Å². The summed E-state index contributed by atoms with van der Waals surface area (Å²) in [6, 6.07) is 17.9. The molecule has 1 aliphatic heterocycles. The molecule has 2 aromatic carbocycles. The van der Waals surface area contributed by atoms with Gasteiger partial charge in [-0.3, -0.25) is 4.79 Å². The van der Waals surface area contributed by atoms with Crippen LogP contribution >= 0.6 is 12.4 Å². The number of halogens is 1. The van der Waals surface area contributed by atoms with Gasteiger partial charge in [0.15, 0.2) is 5.78 Å². The number of ketones is 1. The fraction of sp³-hybridized carbons (Fsp3) is 0.407. The zero-order chi connectivity index (χ0) is 23.2. The van der Waals surface area contributed by atoms with Gasteiger partial charge in [-0.1, -0.05) is 36.4 Å². The van der Waals surface area contributed by atoms with Gasteiger partial charge in [0, 0.05) is 49.9 Å². The highest BCUT2D eigenvalue weighted by Gasteiger charge is 2.33. The zero-order valence-corrected chi connectivity index (χ0v) is 20.6. The van der Waals surface area contributed by atoms with Crippen LogP contribution in [-0.4, -0.2) is 48.7 Å². The third kappa shape index (κ3) is 5.87. The molecule has 0 amide bonds. The zero-order valence-electron chi connectivity index (χ0n) is 19.8. The molecule has 1 saturated heterocycles. The van der Waals surface area contributed by atoms with Gasteiger partial charge < -0.3 is 19.4 Å². The topological polar surface area (TPSA) is 69.6 Å². The van der Waals surface area contributed by atoms with E-state index < -0.39 is 0 Å². The molecule has 2 heterocycles. The smallest absolute Gasteiger partial charge is 0.354 e. The normalized spacial score (nSPS) is 17.5. The van der Waals surface area contributed by atoms with Gasteiger partial charge >= 0.3 is 5.97 Å². The second kappa shape index (κ2) is 12.2. The van der Waals surface area contributed by atoms with E-state index in [1.165, 1.54) is 5.56 Å². The third-order valence-corrected chi connectivity index (χ3v) is 6.36. The summed E-state index contributed by atoms with van der Waals surface area (Å²) >= 11 is 0. The summed E-state index contributed by atoms with van der Waals surface area (Å²) in [5.74, 6) is 0.0671. The number of aromatic nitrogens is 1. The van der Waals surface area contributed by atoms with Crippen molar-refractivity contribution in [1.29, 1.82) is 0 Å². The van der Waals surface area contributed by atoms with Gasteiger partial charge in [0.25, 0.3) is 0 Å². The second-order valence-electron chi connectivity index (χ2n) is 8.55. The highest BCUT2D eigenvalue weighted by atomic mass is 35.5. The number of Topliss-reactive ketones (excluding diaryl/α,β-unsaturated/α-hetero) is 1. The molecule has 0 unspecified atom stereocenters. The van der Waals surface area contributed by atoms with Gasteiger partial charge in [0.05, 0.1) is 12.6 Å². The first-order valence-electron chi connectivity index (χ1n) is 11.7. The van der Waals surface area contributed by atoms with E-state index in [1.807, 2.05) is 61.0 Å². The van der Waals surface area contributed by atoms with Crippen molar-refractivity contribution in [3.05, 3.63) is 71.4 Å². The lowest BCUT2D eigenvalue weighted by molar-refractivity contribution is -0.120. The maximum atomic E-state index is 13.2. The Balaban J connectivity index is 0.00000324. The van der Waals surface area contributed by atoms with Gasteiger partial charge in [0.1, 0.15) is 5.69 Å². The van der Waals surface area contributed by atoms with Crippen LogP contribution < -0.4 is 5.32 Å². The van der Waals surface area contributed by atoms with Gasteiger partial charge in [0.2, 0.25) is 0 Å². The molecular formula is C27H33ClN2O4. The van der Waals surface area contributed by atoms with E-state index in [0.717, 1.165) is 29.4 Å². The van der Waals surface area contributed by atoms with Crippen LogP contribution in [0.15, 0.2) is 54.6 Å². The summed E-state index contributed by atoms with van der Waals surface area (Å²) in [4.78, 5) is 25.7. The average molecular weight is 485 g/mol. The van der Waals surface area contributed by atoms with Crippen molar-refractivity contribution >= 4 is 35.1 Å². The molecule has 2 atom stereocenters. The van der Waals surface area contributed by atoms with E-state index in [-0.39, 0.29) is 36.1 Å². The first-order valence-corrected chi connectivity index (χ1v) is 11.7. The highest BCUT2D eigenvalue weighted by Crippen LogP contribution is 2.29. The molecule has 6 nitrogen and oxygen atoms in total. The van der Waals surface area contributed by atoms with Gasteiger partial charge in [-0.25, -0.2) is 4.79 Å². The Bertz CT molecular complexity index is 1110. The molecule has 1 aliphatic rings. The van der Waals surface area contributed by atoms with E-state index in [4.69, 9.17) is 9.47 Å². The number of carbonyl (C=O) groups excluding carboxylic acids is 2. The number of rotatable bonds is 10. The summed E-state index contributed by atoms with van der Waals surface area (Å²) in [6.07, 6.45) is 2.01. The maximum Gasteiger partial charge on any atom is 0.354 e. The number of esters is 1. The van der Waals surface area contributed by atoms with Crippen LogP contribution in [-0.2, 0) is 27.7 Å². The Morgan fingerprint density at radius 1 is 1.09 bits per heavy atom. The second-order valence-corrected chi connectivity index (χ2v) is 8.55. The van der Waals surface area contributed by atoms with Crippen molar-refractivity contribution < 1.29 is 19.1 Å². The average Bonchev–Trinajstić information content (AvgIpc) is 3.44. The molecular weight excluding hydrogens is 452 g/mol. The Morgan fingerprint density at radius 3 is 2.65 bits per heavy atom. The predicted molar refractivity (Wildman–Crippen MR) is 136 cm³/mol. The molecule has 182 valence electrons. The van der Waals surface area contributed by atoms with Crippen molar-refractivity contribution in [2.24, 2.45) is 7.05 Å². The molecule has 0 spiro atoms. The number of carbonyl (C=O) groups is 2. The third-order valence-electron chi connectivity index (χ3n) is 6.36. The van der Waals surface area contributed by atoms with Crippen LogP contribution in [0.2, 0.25) is 0 Å². The molecule has 0 saturated carbocycles. The van der Waals surface area contributed by atoms with Gasteiger partial charge in [-0.2, -0.15) is 0 Å². The molecule has 1 aromatic heterocycles. The first-order chi connectivity index (χ1) is 16.1. The molecule has 0 radical (unpaired) electrons. The minimum atomic E-state index is -0.344. The Labute approximate surface area is 207 Å². The fourth-order valence-electron chi connectivity index (χ4n) is 4.66. The lowest BCUT2D eigenvalue weighted by Gasteiger charge is -2.19. The lowest BCUT2D eigenvalue weighted by Crippen LogP contribution is -2.35. The quantitative estimate of drug-likeness (QED) is 0.340. The number of aryl methyl sites for hydroxylation is 1. The molecule has 34 heavy (non-hydrogen) atoms. The summed E-state index contributed by atoms with van der Waals surface area (Å²) in [7, 11) is 1.86. The SMILES string of the molecule is CCOCCCOC(=O)c1cc2cc(CC(=O)[C@H]3NCC[C@H]3c3ccccc3)ccc2n1C.Cl. The molecule has 4 rings (SSSR count). The van der Waals surface area contributed by atoms with Crippen LogP contribution in [0.1, 0.15) is 47.3 Å². The predicted octanol–water partition coefficient (Wildman–Crippen LogP) is 4.44. The van der Waals surface area contributed by atoms with Crippen LogP contribution in [0.25, 0.3) is 10.9 Å². The van der Waals surface area contributed by atoms with E-state index in [2.05, 4.69) is 17.4 Å². The van der Waals surface area contributed by atoms with Crippen LogP contribution in [0.4, 0.5) is 0 Å². The first kappa shape index (κ1) is 25.9. The van der Waals surface area contributed by atoms with Crippen molar-refractivity contribution in [2.75, 3.05) is 26.4 Å². The number of hydrogen-bond donors (Lipinski definition) is 1. The summed E-state index contributed by atoms with van der Waals surface area (Å²) in [5.41, 5.74) is 3.61. The number of fused-ring (bicyclic) bond motifs is 1. The fourth-order valence-corrected chi connectivity index (χ4v) is 4.66. The minimum Gasteiger partial charge on any atom is -0.461 e. The molecule has 0 aliphatic carbocycles. The van der Waals surface area contributed by atoms with E-state index in [9.17, 15) is 9.59 Å². The number of nitrogens with one attached hydrogen (secondary N) is 1. The van der Waals surface area contributed by atoms with Gasteiger partial charge in [-0.15, -0.1) is 12.4 Å². The van der Waals surface area contributed by atoms with Crippen LogP contribution in [0.3, 0.4) is 0 Å². The van der Waals surface area contributed by atoms with Crippen LogP contribution in [0, 0.1) is 0 Å². The Kier molecular flexibility index (Phi) is 9.28. The molecule has 0 bridgehead atoms. The van der Waals surface area contributed by atoms with Crippen molar-refractivity contribution in [3.63, 3.8) is 0 Å². The summed E-state index contributed by atoms with van der Waals surface area (Å²) < 4.78 is 12.5. The molecule has 3 aromatic rings. The summed E-state index contributed by atoms with van der Waals surface area (Å²) in [5, 5.41) is 4.33.